The van der Waals surface area contributed by atoms with Crippen molar-refractivity contribution in [3.05, 3.63) is 63.3 Å². The van der Waals surface area contributed by atoms with Gasteiger partial charge in [-0.2, -0.15) is 0 Å². The Kier molecular flexibility index (Phi) is 49.4. The Labute approximate surface area is 315 Å². The van der Waals surface area contributed by atoms with Gasteiger partial charge in [0.2, 0.25) is 0 Å². The molecule has 0 aliphatic carbocycles. The van der Waals surface area contributed by atoms with Gasteiger partial charge in [-0.15, -0.1) is 0 Å². The van der Waals surface area contributed by atoms with E-state index >= 15 is 0 Å². The summed E-state index contributed by atoms with van der Waals surface area (Å²) in [6.07, 6.45) is 6.56. The van der Waals surface area contributed by atoms with Crippen LogP contribution < -0.4 is 0 Å². The van der Waals surface area contributed by atoms with Crippen LogP contribution in [-0.2, 0) is 94.0 Å². The van der Waals surface area contributed by atoms with Gasteiger partial charge in [-0.25, -0.2) is 0 Å². The van der Waals surface area contributed by atoms with Gasteiger partial charge in [-0.05, 0) is 34.6 Å². The Balaban J connectivity index is -0.000000123. The van der Waals surface area contributed by atoms with E-state index in [0.29, 0.717) is 0 Å². The fourth-order valence-electron chi connectivity index (χ4n) is 2.03. The summed E-state index contributed by atoms with van der Waals surface area (Å²) in [4.78, 5) is 104. The van der Waals surface area contributed by atoms with Crippen molar-refractivity contribution in [1.29, 1.82) is 0 Å². The summed E-state index contributed by atoms with van der Waals surface area (Å²) in [6, 6.07) is 0. The molecule has 15 nitrogen and oxygen atoms in total. The molecule has 51 heavy (non-hydrogen) atoms. The molecule has 0 atom stereocenters. The number of carbonyl (C=O) groups excluding carboxylic acids is 10. The van der Waals surface area contributed by atoms with E-state index in [9.17, 15) is 47.9 Å². The maximum Gasteiger partial charge on any atom is 5.00 e. The predicted octanol–water partition coefficient (Wildman–Crippen LogP) is 3.47. The van der Waals surface area contributed by atoms with E-state index in [1.165, 1.54) is 65.0 Å². The van der Waals surface area contributed by atoms with Crippen LogP contribution in [0, 0.1) is 0 Å². The van der Waals surface area contributed by atoms with Crippen molar-refractivity contribution in [2.45, 2.75) is 66.7 Å². The number of Topliss-reactive ketones (excluding diaryl/α,β-unsaturated/α-hetero) is 5. The Morgan fingerprint density at radius 2 is 0.451 bits per heavy atom. The molecule has 0 unspecified atom stereocenters. The molecule has 16 heteroatoms. The van der Waals surface area contributed by atoms with Gasteiger partial charge in [0.25, 0.3) is 0 Å². The minimum atomic E-state index is -0.493. The summed E-state index contributed by atoms with van der Waals surface area (Å²) in [5.41, 5.74) is 0. The maximum atomic E-state index is 10.5. The Hall–Kier alpha value is -4.86. The minimum absolute atomic E-state index is 0. The smallest absolute Gasteiger partial charge is 0.461 e. The van der Waals surface area contributed by atoms with E-state index in [-0.39, 0.29) is 116 Å². The Morgan fingerprint density at radius 1 is 0.333 bits per heavy atom. The van der Waals surface area contributed by atoms with Crippen LogP contribution in [0.2, 0.25) is 0 Å². The predicted molar refractivity (Wildman–Crippen MR) is 182 cm³/mol. The Bertz CT molecular complexity index is 961. The van der Waals surface area contributed by atoms with Crippen molar-refractivity contribution < 1.29 is 94.0 Å². The quantitative estimate of drug-likeness (QED) is 0.0740. The molecule has 0 saturated carbocycles. The third-order valence-electron chi connectivity index (χ3n) is 3.78. The van der Waals surface area contributed by atoms with E-state index in [1.54, 1.807) is 0 Å². The molecule has 0 aromatic rings. The summed E-state index contributed by atoms with van der Waals surface area (Å²) in [5, 5.41) is 0. The van der Waals surface area contributed by atoms with Crippen molar-refractivity contribution in [1.82, 2.24) is 0 Å². The second kappa shape index (κ2) is 43.2. The maximum absolute atomic E-state index is 10.5. The fourth-order valence-corrected chi connectivity index (χ4v) is 2.03. The van der Waals surface area contributed by atoms with E-state index in [2.05, 4.69) is 56.6 Å². The number of hydrogen-bond donors (Lipinski definition) is 0. The molecule has 0 heterocycles. The zero-order valence-corrected chi connectivity index (χ0v) is 33.3. The molecular formula is C35H50O15Ta+5. The van der Waals surface area contributed by atoms with Gasteiger partial charge in [0.05, 0.1) is 0 Å². The summed E-state index contributed by atoms with van der Waals surface area (Å²) in [5.74, 6) is -3.40. The molecule has 0 radical (unpaired) electrons. The summed E-state index contributed by atoms with van der Waals surface area (Å²) in [7, 11) is 0. The third kappa shape index (κ3) is 68.0. The molecule has 0 fully saturated rings. The summed E-state index contributed by atoms with van der Waals surface area (Å²) < 4.78 is 22.6. The number of rotatable bonds is 20. The molecule has 280 valence electrons. The van der Waals surface area contributed by atoms with Crippen LogP contribution in [0.1, 0.15) is 66.7 Å². The van der Waals surface area contributed by atoms with Crippen molar-refractivity contribution in [3.63, 3.8) is 0 Å². The average Bonchev–Trinajstić information content (AvgIpc) is 2.99. The number of ketones is 5. The largest absolute Gasteiger partial charge is 5.00 e. The monoisotopic (exact) mass is 891 g/mol. The van der Waals surface area contributed by atoms with Crippen LogP contribution in [0.25, 0.3) is 0 Å². The number of esters is 5. The average molecular weight is 892 g/mol. The summed E-state index contributed by atoms with van der Waals surface area (Å²) in [6.45, 7) is 24.3. The second-order valence-electron chi connectivity index (χ2n) is 9.25. The van der Waals surface area contributed by atoms with Crippen LogP contribution in [0.3, 0.4) is 0 Å². The van der Waals surface area contributed by atoms with Gasteiger partial charge in [0, 0.05) is 0 Å². The fraction of sp³-hybridized carbons (Fsp3) is 0.429. The zero-order chi connectivity index (χ0) is 39.9. The first kappa shape index (κ1) is 58.4. The van der Waals surface area contributed by atoms with Gasteiger partial charge in [-0.1, -0.05) is 63.3 Å². The van der Waals surface area contributed by atoms with Crippen LogP contribution in [-0.4, -0.2) is 91.8 Å². The molecule has 0 N–H and O–H groups in total. The number of hydrogen-bond acceptors (Lipinski definition) is 15. The van der Waals surface area contributed by atoms with Crippen LogP contribution in [0.4, 0.5) is 0 Å². The van der Waals surface area contributed by atoms with Crippen molar-refractivity contribution >= 4 is 58.8 Å². The van der Waals surface area contributed by atoms with Gasteiger partial charge in [-0.3, -0.25) is 47.9 Å². The molecule has 0 amide bonds. The van der Waals surface area contributed by atoms with Crippen LogP contribution in [0.5, 0.6) is 0 Å². The molecule has 0 rings (SSSR count). The topological polar surface area (TPSA) is 217 Å². The third-order valence-corrected chi connectivity index (χ3v) is 3.78. The van der Waals surface area contributed by atoms with Crippen molar-refractivity contribution in [3.8, 4) is 0 Å². The molecule has 0 aromatic carbocycles. The van der Waals surface area contributed by atoms with Gasteiger partial charge in [0.1, 0.15) is 94.1 Å². The molecule has 0 aliphatic heterocycles. The van der Waals surface area contributed by atoms with Gasteiger partial charge >= 0.3 is 52.2 Å². The number of carbonyl (C=O) groups is 10. The van der Waals surface area contributed by atoms with Crippen molar-refractivity contribution in [2.24, 2.45) is 0 Å². The normalized spacial score (nSPS) is 8.33. The van der Waals surface area contributed by atoms with Crippen molar-refractivity contribution in [2.75, 3.05) is 33.0 Å². The minimum Gasteiger partial charge on any atom is -0.461 e. The van der Waals surface area contributed by atoms with Gasteiger partial charge < -0.3 is 23.7 Å². The Morgan fingerprint density at radius 3 is 0.529 bits per heavy atom. The molecule has 0 bridgehead atoms. The molecule has 0 saturated heterocycles. The molecule has 0 aromatic heterocycles. The second-order valence-corrected chi connectivity index (χ2v) is 9.25. The molecule has 0 aliphatic rings. The van der Waals surface area contributed by atoms with Gasteiger partial charge in [0.15, 0.2) is 0 Å². The van der Waals surface area contributed by atoms with Crippen LogP contribution >= 0.6 is 0 Å². The molecule has 0 spiro atoms. The van der Waals surface area contributed by atoms with Crippen LogP contribution in [0.15, 0.2) is 63.3 Å². The van der Waals surface area contributed by atoms with E-state index in [4.69, 9.17) is 0 Å². The van der Waals surface area contributed by atoms with E-state index < -0.39 is 29.8 Å². The summed E-state index contributed by atoms with van der Waals surface area (Å²) >= 11 is 0. The zero-order valence-electron chi connectivity index (χ0n) is 30.1. The standard InChI is InChI=1S/5C7H10O3.Ta/c5*1-3-4-10-7(9)5-6(2)8;/h5*3H,1,4-5H2,2H3;/q;;;;;+5. The first-order valence-corrected chi connectivity index (χ1v) is 14.6. The van der Waals surface area contributed by atoms with E-state index in [1.807, 2.05) is 0 Å². The first-order valence-electron chi connectivity index (χ1n) is 14.6. The van der Waals surface area contributed by atoms with E-state index in [0.717, 1.165) is 0 Å². The molecular weight excluding hydrogens is 841 g/mol. The first-order chi connectivity index (χ1) is 23.3. The SMILES string of the molecule is C=CCOC(=O)CC(C)=O.C=CCOC(=O)CC(C)=O.C=CCOC(=O)CC(C)=O.C=CCOC(=O)CC(C)=O.C=CCOC(=O)CC(C)=O.[Ta+5]. The number of ether oxygens (including phenoxy) is 5.